The number of hydrogen-bond acceptors (Lipinski definition) is 4. The fourth-order valence-corrected chi connectivity index (χ4v) is 3.52. The number of aliphatic imine (C=N–C) groups is 1. The van der Waals surface area contributed by atoms with E-state index in [1.165, 1.54) is 6.54 Å². The molecule has 6 nitrogen and oxygen atoms in total. The van der Waals surface area contributed by atoms with Crippen LogP contribution in [0.5, 0.6) is 0 Å². The van der Waals surface area contributed by atoms with Gasteiger partial charge in [0.05, 0.1) is 0 Å². The lowest BCUT2D eigenvalue weighted by Gasteiger charge is -2.38. The molecule has 3 atom stereocenters. The van der Waals surface area contributed by atoms with Crippen molar-refractivity contribution < 1.29 is 0 Å². The van der Waals surface area contributed by atoms with Crippen molar-refractivity contribution >= 4 is 5.96 Å². The average Bonchev–Trinajstić information content (AvgIpc) is 2.88. The molecule has 0 bridgehead atoms. The third kappa shape index (κ3) is 5.06. The fourth-order valence-electron chi connectivity index (χ4n) is 3.52. The second kappa shape index (κ2) is 8.31. The zero-order valence-electron chi connectivity index (χ0n) is 15.8. The van der Waals surface area contributed by atoms with Crippen molar-refractivity contribution in [1.82, 2.24) is 25.3 Å². The van der Waals surface area contributed by atoms with E-state index in [9.17, 15) is 0 Å². The summed E-state index contributed by atoms with van der Waals surface area (Å²) in [4.78, 5) is 11.8. The van der Waals surface area contributed by atoms with Gasteiger partial charge in [0.2, 0.25) is 0 Å². The number of likely N-dealkylation sites (tertiary alicyclic amines) is 1. The summed E-state index contributed by atoms with van der Waals surface area (Å²) in [5.74, 6) is 1.59. The van der Waals surface area contributed by atoms with Crippen molar-refractivity contribution in [2.24, 2.45) is 10.9 Å². The number of likely N-dealkylation sites (N-methyl/N-ethyl adjacent to an activating group) is 2. The molecule has 2 fully saturated rings. The summed E-state index contributed by atoms with van der Waals surface area (Å²) in [5, 5.41) is 7.16. The number of hydrogen-bond donors (Lipinski definition) is 2. The van der Waals surface area contributed by atoms with Crippen LogP contribution in [-0.4, -0.2) is 99.2 Å². The first kappa shape index (κ1) is 18.5. The lowest BCUT2D eigenvalue weighted by molar-refractivity contribution is 0.116. The summed E-state index contributed by atoms with van der Waals surface area (Å²) >= 11 is 0. The van der Waals surface area contributed by atoms with Gasteiger partial charge in [0.25, 0.3) is 0 Å². The van der Waals surface area contributed by atoms with Crippen molar-refractivity contribution in [3.63, 3.8) is 0 Å². The van der Waals surface area contributed by atoms with E-state index in [0.717, 1.165) is 38.7 Å². The maximum Gasteiger partial charge on any atom is 0.191 e. The Morgan fingerprint density at radius 3 is 2.52 bits per heavy atom. The zero-order chi connectivity index (χ0) is 17.0. The van der Waals surface area contributed by atoms with Crippen molar-refractivity contribution in [1.29, 1.82) is 0 Å². The van der Waals surface area contributed by atoms with Crippen molar-refractivity contribution in [2.75, 3.05) is 60.4 Å². The molecule has 0 aromatic carbocycles. The molecule has 2 N–H and O–H groups in total. The summed E-state index contributed by atoms with van der Waals surface area (Å²) in [7, 11) is 6.29. The standard InChI is InChI=1S/C17H36N6/c1-13(2)23-10-14(3)16(12-23)20-17(18-4)19-9-15-11-21(5)7-8-22(15)6/h13-16H,7-12H2,1-6H3,(H2,18,19,20). The molecular formula is C17H36N6. The van der Waals surface area contributed by atoms with E-state index in [0.29, 0.717) is 24.0 Å². The number of rotatable bonds is 4. The highest BCUT2D eigenvalue weighted by Gasteiger charge is 2.31. The maximum absolute atomic E-state index is 4.43. The Morgan fingerprint density at radius 2 is 1.91 bits per heavy atom. The Bertz CT molecular complexity index is 397. The normalized spacial score (nSPS) is 31.8. The van der Waals surface area contributed by atoms with E-state index >= 15 is 0 Å². The van der Waals surface area contributed by atoms with Gasteiger partial charge in [0.15, 0.2) is 5.96 Å². The SMILES string of the molecule is CN=C(NCC1CN(C)CCN1C)NC1CN(C(C)C)CC1C. The van der Waals surface area contributed by atoms with Crippen LogP contribution in [0.25, 0.3) is 0 Å². The minimum absolute atomic E-state index is 0.482. The molecule has 2 aliphatic heterocycles. The molecule has 6 heteroatoms. The van der Waals surface area contributed by atoms with Crippen LogP contribution in [0.4, 0.5) is 0 Å². The minimum atomic E-state index is 0.482. The van der Waals surface area contributed by atoms with Crippen LogP contribution in [0, 0.1) is 5.92 Å². The van der Waals surface area contributed by atoms with Crippen molar-refractivity contribution in [3.8, 4) is 0 Å². The average molecular weight is 325 g/mol. The maximum atomic E-state index is 4.43. The van der Waals surface area contributed by atoms with E-state index in [2.05, 4.69) is 65.2 Å². The van der Waals surface area contributed by atoms with E-state index in [1.807, 2.05) is 7.05 Å². The molecule has 0 aromatic heterocycles. The summed E-state index contributed by atoms with van der Waals surface area (Å²) < 4.78 is 0. The third-order valence-corrected chi connectivity index (χ3v) is 5.40. The first-order chi connectivity index (χ1) is 10.9. The Morgan fingerprint density at radius 1 is 1.17 bits per heavy atom. The van der Waals surface area contributed by atoms with Crippen molar-refractivity contribution in [2.45, 2.75) is 38.9 Å². The van der Waals surface area contributed by atoms with Crippen LogP contribution in [0.3, 0.4) is 0 Å². The van der Waals surface area contributed by atoms with Gasteiger partial charge in [-0.1, -0.05) is 6.92 Å². The minimum Gasteiger partial charge on any atom is -0.355 e. The van der Waals surface area contributed by atoms with Crippen LogP contribution in [0.1, 0.15) is 20.8 Å². The molecular weight excluding hydrogens is 288 g/mol. The van der Waals surface area contributed by atoms with Gasteiger partial charge in [0, 0.05) is 64.4 Å². The first-order valence-electron chi connectivity index (χ1n) is 9.00. The monoisotopic (exact) mass is 324 g/mol. The van der Waals surface area contributed by atoms with E-state index in [-0.39, 0.29) is 0 Å². The first-order valence-corrected chi connectivity index (χ1v) is 9.00. The molecule has 0 aliphatic carbocycles. The molecule has 0 radical (unpaired) electrons. The highest BCUT2D eigenvalue weighted by atomic mass is 15.3. The lowest BCUT2D eigenvalue weighted by Crippen LogP contribution is -2.56. The van der Waals surface area contributed by atoms with Crippen LogP contribution in [-0.2, 0) is 0 Å². The largest absolute Gasteiger partial charge is 0.355 e. The molecule has 2 aliphatic rings. The molecule has 23 heavy (non-hydrogen) atoms. The molecule has 3 unspecified atom stereocenters. The highest BCUT2D eigenvalue weighted by Crippen LogP contribution is 2.18. The highest BCUT2D eigenvalue weighted by molar-refractivity contribution is 5.80. The molecule has 2 saturated heterocycles. The summed E-state index contributed by atoms with van der Waals surface area (Å²) in [5.41, 5.74) is 0. The van der Waals surface area contributed by atoms with E-state index < -0.39 is 0 Å². The van der Waals surface area contributed by atoms with E-state index in [4.69, 9.17) is 0 Å². The van der Waals surface area contributed by atoms with Gasteiger partial charge in [0.1, 0.15) is 0 Å². The molecule has 0 amide bonds. The van der Waals surface area contributed by atoms with Gasteiger partial charge in [-0.05, 0) is 33.9 Å². The fraction of sp³-hybridized carbons (Fsp3) is 0.941. The van der Waals surface area contributed by atoms with Crippen LogP contribution >= 0.6 is 0 Å². The predicted octanol–water partition coefficient (Wildman–Crippen LogP) is 0.126. The predicted molar refractivity (Wildman–Crippen MR) is 98.1 cm³/mol. The topological polar surface area (TPSA) is 46.1 Å². The smallest absolute Gasteiger partial charge is 0.191 e. The van der Waals surface area contributed by atoms with Gasteiger partial charge in [-0.15, -0.1) is 0 Å². The second-order valence-electron chi connectivity index (χ2n) is 7.63. The third-order valence-electron chi connectivity index (χ3n) is 5.40. The Hall–Kier alpha value is -0.850. The number of piperazine rings is 1. The summed E-state index contributed by atoms with van der Waals surface area (Å²) in [6.45, 7) is 13.5. The Labute approximate surface area is 142 Å². The Kier molecular flexibility index (Phi) is 6.68. The van der Waals surface area contributed by atoms with E-state index in [1.54, 1.807) is 0 Å². The van der Waals surface area contributed by atoms with Gasteiger partial charge in [-0.2, -0.15) is 0 Å². The van der Waals surface area contributed by atoms with Gasteiger partial charge < -0.3 is 15.5 Å². The molecule has 2 rings (SSSR count). The van der Waals surface area contributed by atoms with Crippen LogP contribution in [0.2, 0.25) is 0 Å². The second-order valence-corrected chi connectivity index (χ2v) is 7.63. The van der Waals surface area contributed by atoms with Crippen LogP contribution < -0.4 is 10.6 Å². The molecule has 2 heterocycles. The van der Waals surface area contributed by atoms with Gasteiger partial charge >= 0.3 is 0 Å². The van der Waals surface area contributed by atoms with Crippen LogP contribution in [0.15, 0.2) is 4.99 Å². The zero-order valence-corrected chi connectivity index (χ0v) is 15.8. The lowest BCUT2D eigenvalue weighted by atomic mass is 10.1. The number of nitrogens with zero attached hydrogens (tertiary/aromatic N) is 4. The molecule has 134 valence electrons. The van der Waals surface area contributed by atoms with Crippen molar-refractivity contribution in [3.05, 3.63) is 0 Å². The summed E-state index contributed by atoms with van der Waals surface area (Å²) in [6.07, 6.45) is 0. The summed E-state index contributed by atoms with van der Waals surface area (Å²) in [6, 6.07) is 1.64. The number of nitrogens with one attached hydrogen (secondary N) is 2. The molecule has 0 aromatic rings. The number of guanidine groups is 1. The molecule has 0 spiro atoms. The molecule has 0 saturated carbocycles. The van der Waals surface area contributed by atoms with Gasteiger partial charge in [-0.3, -0.25) is 14.8 Å². The quantitative estimate of drug-likeness (QED) is 0.568. The Balaban J connectivity index is 1.82. The van der Waals surface area contributed by atoms with Gasteiger partial charge in [-0.25, -0.2) is 0 Å².